The number of anilines is 1. The maximum absolute atomic E-state index is 12.9. The number of aromatic carboxylic acids is 1. The number of furan rings is 1. The number of rotatable bonds is 5. The molecule has 1 fully saturated rings. The van der Waals surface area contributed by atoms with Crippen LogP contribution in [0, 0.1) is 5.41 Å². The van der Waals surface area contributed by atoms with Gasteiger partial charge in [-0.1, -0.05) is 30.3 Å². The van der Waals surface area contributed by atoms with Crippen LogP contribution in [0.15, 0.2) is 70.0 Å². The first-order chi connectivity index (χ1) is 14.5. The molecule has 2 heterocycles. The van der Waals surface area contributed by atoms with Crippen molar-refractivity contribution in [2.24, 2.45) is 0 Å². The van der Waals surface area contributed by atoms with Gasteiger partial charge in [0.25, 0.3) is 5.91 Å². The Labute approximate surface area is 176 Å². The number of ether oxygens (including phenoxy) is 1. The zero-order chi connectivity index (χ0) is 21.3. The summed E-state index contributed by atoms with van der Waals surface area (Å²) in [7, 11) is 1.51. The van der Waals surface area contributed by atoms with Crippen LogP contribution in [-0.2, 0) is 4.79 Å². The predicted molar refractivity (Wildman–Crippen MR) is 115 cm³/mol. The predicted octanol–water partition coefficient (Wildman–Crippen LogP) is 4.71. The molecule has 8 heteroatoms. The average molecular weight is 420 g/mol. The van der Waals surface area contributed by atoms with E-state index < -0.39 is 5.97 Å². The van der Waals surface area contributed by atoms with E-state index in [1.165, 1.54) is 18.1 Å². The van der Waals surface area contributed by atoms with Crippen molar-refractivity contribution in [3.8, 4) is 17.1 Å². The highest BCUT2D eigenvalue weighted by Crippen LogP contribution is 2.39. The number of amides is 1. The molecule has 1 aliphatic heterocycles. The number of para-hydroxylation sites is 2. The van der Waals surface area contributed by atoms with Gasteiger partial charge in [0.05, 0.1) is 23.3 Å². The van der Waals surface area contributed by atoms with Crippen LogP contribution in [0.4, 0.5) is 5.69 Å². The lowest BCUT2D eigenvalue weighted by molar-refractivity contribution is -0.113. The molecule has 1 amide bonds. The van der Waals surface area contributed by atoms with Gasteiger partial charge >= 0.3 is 5.97 Å². The molecular weight excluding hydrogens is 404 g/mol. The summed E-state index contributed by atoms with van der Waals surface area (Å²) in [4.78, 5) is 26.0. The number of carboxylic acids is 1. The van der Waals surface area contributed by atoms with E-state index in [2.05, 4.69) is 0 Å². The third-order valence-electron chi connectivity index (χ3n) is 4.47. The molecule has 30 heavy (non-hydrogen) atoms. The number of hydrogen-bond donors (Lipinski definition) is 2. The number of nitrogens with one attached hydrogen (secondary N) is 1. The van der Waals surface area contributed by atoms with Gasteiger partial charge in [-0.25, -0.2) is 4.79 Å². The van der Waals surface area contributed by atoms with Crippen LogP contribution < -0.4 is 9.64 Å². The molecule has 0 radical (unpaired) electrons. The number of thioether (sulfide) groups is 1. The van der Waals surface area contributed by atoms with E-state index in [0.717, 1.165) is 11.8 Å². The minimum absolute atomic E-state index is 0.0544. The normalized spacial score (nSPS) is 15.1. The second kappa shape index (κ2) is 7.92. The summed E-state index contributed by atoms with van der Waals surface area (Å²) < 4.78 is 11.1. The fraction of sp³-hybridized carbons (Fsp3) is 0.0455. The molecule has 0 unspecified atom stereocenters. The van der Waals surface area contributed by atoms with Gasteiger partial charge in [0.1, 0.15) is 17.3 Å². The van der Waals surface area contributed by atoms with Crippen molar-refractivity contribution in [3.05, 3.63) is 76.9 Å². The third-order valence-corrected chi connectivity index (χ3v) is 5.36. The molecule has 1 aromatic heterocycles. The molecule has 2 N–H and O–H groups in total. The van der Waals surface area contributed by atoms with Crippen LogP contribution in [0.5, 0.6) is 5.75 Å². The van der Waals surface area contributed by atoms with Crippen molar-refractivity contribution in [1.82, 2.24) is 0 Å². The number of hydrogen-bond acceptors (Lipinski definition) is 6. The summed E-state index contributed by atoms with van der Waals surface area (Å²) >= 11 is 1.01. The number of methoxy groups -OCH3 is 1. The molecule has 2 aromatic carbocycles. The van der Waals surface area contributed by atoms with Crippen molar-refractivity contribution in [2.75, 3.05) is 12.0 Å². The highest BCUT2D eigenvalue weighted by Gasteiger charge is 2.35. The number of benzene rings is 2. The Morgan fingerprint density at radius 3 is 2.63 bits per heavy atom. The van der Waals surface area contributed by atoms with E-state index in [4.69, 9.17) is 14.6 Å². The quantitative estimate of drug-likeness (QED) is 0.580. The Balaban J connectivity index is 1.65. The summed E-state index contributed by atoms with van der Waals surface area (Å²) in [5.41, 5.74) is 1.06. The van der Waals surface area contributed by atoms with Crippen LogP contribution in [-0.4, -0.2) is 29.3 Å². The van der Waals surface area contributed by atoms with Crippen LogP contribution >= 0.6 is 11.8 Å². The van der Waals surface area contributed by atoms with Crippen molar-refractivity contribution in [1.29, 1.82) is 5.41 Å². The maximum atomic E-state index is 12.9. The Bertz CT molecular complexity index is 1200. The lowest BCUT2D eigenvalue weighted by Gasteiger charge is -2.17. The molecule has 150 valence electrons. The standard InChI is InChI=1S/C22H16N2O5S/c1-28-18-9-5-4-8-16(18)24-20(25)19(30-22(24)23)12-13-10-11-17(29-13)14-6-2-3-7-15(14)21(26)27/h2-12,23H,1H3,(H,26,27). The van der Waals surface area contributed by atoms with Crippen molar-refractivity contribution >= 4 is 40.6 Å². The first-order valence-electron chi connectivity index (χ1n) is 8.87. The fourth-order valence-corrected chi connectivity index (χ4v) is 3.94. The van der Waals surface area contributed by atoms with E-state index in [0.29, 0.717) is 33.4 Å². The minimum Gasteiger partial charge on any atom is -0.495 e. The van der Waals surface area contributed by atoms with Gasteiger partial charge in [0.15, 0.2) is 5.17 Å². The molecule has 0 saturated carbocycles. The monoisotopic (exact) mass is 420 g/mol. The number of carbonyl (C=O) groups is 2. The van der Waals surface area contributed by atoms with E-state index in [-0.39, 0.29) is 16.6 Å². The molecule has 0 spiro atoms. The molecule has 3 aromatic rings. The largest absolute Gasteiger partial charge is 0.495 e. The zero-order valence-electron chi connectivity index (χ0n) is 15.8. The van der Waals surface area contributed by atoms with Gasteiger partial charge in [0.2, 0.25) is 0 Å². The fourth-order valence-electron chi connectivity index (χ4n) is 3.11. The Morgan fingerprint density at radius 1 is 1.13 bits per heavy atom. The van der Waals surface area contributed by atoms with Gasteiger partial charge in [-0.15, -0.1) is 0 Å². The van der Waals surface area contributed by atoms with Crippen LogP contribution in [0.2, 0.25) is 0 Å². The smallest absolute Gasteiger partial charge is 0.336 e. The SMILES string of the molecule is COc1ccccc1N1C(=N)SC(=Cc2ccc(-c3ccccc3C(=O)O)o2)C1=O. The number of carboxylic acid groups (broad SMARTS) is 1. The van der Waals surface area contributed by atoms with E-state index in [1.54, 1.807) is 60.7 Å². The second-order valence-corrected chi connectivity index (χ2v) is 7.31. The van der Waals surface area contributed by atoms with Gasteiger partial charge in [-0.3, -0.25) is 15.1 Å². The lowest BCUT2D eigenvalue weighted by atomic mass is 10.1. The molecule has 0 atom stereocenters. The third kappa shape index (κ3) is 3.48. The van der Waals surface area contributed by atoms with Crippen LogP contribution in [0.1, 0.15) is 16.1 Å². The molecule has 7 nitrogen and oxygen atoms in total. The second-order valence-electron chi connectivity index (χ2n) is 6.28. The van der Waals surface area contributed by atoms with Gasteiger partial charge in [-0.05, 0) is 42.1 Å². The van der Waals surface area contributed by atoms with E-state index >= 15 is 0 Å². The number of nitrogens with zero attached hydrogens (tertiary/aromatic N) is 1. The number of amidine groups is 1. The highest BCUT2D eigenvalue weighted by molar-refractivity contribution is 8.19. The first kappa shape index (κ1) is 19.5. The van der Waals surface area contributed by atoms with Gasteiger partial charge < -0.3 is 14.3 Å². The first-order valence-corrected chi connectivity index (χ1v) is 9.69. The minimum atomic E-state index is -1.05. The molecule has 0 aliphatic carbocycles. The van der Waals surface area contributed by atoms with Crippen molar-refractivity contribution < 1.29 is 23.8 Å². The summed E-state index contributed by atoms with van der Waals surface area (Å²) in [6.45, 7) is 0. The Morgan fingerprint density at radius 2 is 1.87 bits per heavy atom. The molecule has 4 rings (SSSR count). The summed E-state index contributed by atoms with van der Waals surface area (Å²) in [5, 5.41) is 17.7. The highest BCUT2D eigenvalue weighted by atomic mass is 32.2. The Hall–Kier alpha value is -3.78. The molecule has 1 aliphatic rings. The molecular formula is C22H16N2O5S. The van der Waals surface area contributed by atoms with E-state index in [9.17, 15) is 14.7 Å². The van der Waals surface area contributed by atoms with Crippen molar-refractivity contribution in [3.63, 3.8) is 0 Å². The summed E-state index contributed by atoms with van der Waals surface area (Å²) in [6.07, 6.45) is 1.55. The molecule has 0 bridgehead atoms. The molecule has 1 saturated heterocycles. The lowest BCUT2D eigenvalue weighted by Crippen LogP contribution is -2.28. The summed E-state index contributed by atoms with van der Waals surface area (Å²) in [6, 6.07) is 16.8. The zero-order valence-corrected chi connectivity index (χ0v) is 16.6. The summed E-state index contributed by atoms with van der Waals surface area (Å²) in [5.74, 6) is -0.159. The van der Waals surface area contributed by atoms with Gasteiger partial charge in [0, 0.05) is 11.6 Å². The van der Waals surface area contributed by atoms with Gasteiger partial charge in [-0.2, -0.15) is 0 Å². The number of carbonyl (C=O) groups excluding carboxylic acids is 1. The average Bonchev–Trinajstić information content (AvgIpc) is 3.32. The maximum Gasteiger partial charge on any atom is 0.336 e. The topological polar surface area (TPSA) is 104 Å². The van der Waals surface area contributed by atoms with Crippen molar-refractivity contribution in [2.45, 2.75) is 0 Å². The Kier molecular flexibility index (Phi) is 5.16. The van der Waals surface area contributed by atoms with E-state index in [1.807, 2.05) is 0 Å². The van der Waals surface area contributed by atoms with Crippen LogP contribution in [0.25, 0.3) is 17.4 Å². The van der Waals surface area contributed by atoms with Crippen LogP contribution in [0.3, 0.4) is 0 Å².